The van der Waals surface area contributed by atoms with Crippen LogP contribution < -0.4 is 19.5 Å². The van der Waals surface area contributed by atoms with Crippen LogP contribution in [0.25, 0.3) is 0 Å². The second-order valence-electron chi connectivity index (χ2n) is 8.39. The Morgan fingerprint density at radius 3 is 2.18 bits per heavy atom. The number of ether oxygens (including phenoxy) is 3. The molecule has 33 heavy (non-hydrogen) atoms. The van der Waals surface area contributed by atoms with E-state index in [0.29, 0.717) is 42.4 Å². The second kappa shape index (κ2) is 11.1. The third kappa shape index (κ3) is 5.41. The molecule has 0 radical (unpaired) electrons. The molecule has 2 aromatic rings. The maximum absolute atomic E-state index is 13.2. The van der Waals surface area contributed by atoms with Gasteiger partial charge in [0.05, 0.1) is 27.2 Å². The van der Waals surface area contributed by atoms with Gasteiger partial charge in [0, 0.05) is 31.1 Å². The zero-order chi connectivity index (χ0) is 24.0. The summed E-state index contributed by atoms with van der Waals surface area (Å²) in [6, 6.07) is 11.3. The highest BCUT2D eigenvalue weighted by Crippen LogP contribution is 2.43. The van der Waals surface area contributed by atoms with Gasteiger partial charge in [0.25, 0.3) is 5.91 Å². The Morgan fingerprint density at radius 1 is 1.00 bits per heavy atom. The van der Waals surface area contributed by atoms with Crippen LogP contribution in [0, 0.1) is 12.8 Å². The minimum absolute atomic E-state index is 0.0404. The van der Waals surface area contributed by atoms with Crippen LogP contribution in [0.5, 0.6) is 17.2 Å². The number of likely N-dealkylation sites (tertiary alicyclic amines) is 1. The van der Waals surface area contributed by atoms with Gasteiger partial charge in [-0.2, -0.15) is 0 Å². The first-order valence-corrected chi connectivity index (χ1v) is 11.4. The van der Waals surface area contributed by atoms with Gasteiger partial charge in [-0.1, -0.05) is 31.0 Å². The maximum atomic E-state index is 13.2. The molecule has 1 heterocycles. The fourth-order valence-corrected chi connectivity index (χ4v) is 4.29. The lowest BCUT2D eigenvalue weighted by atomic mass is 9.88. The predicted octanol–water partition coefficient (Wildman–Crippen LogP) is 3.79. The van der Waals surface area contributed by atoms with Crippen molar-refractivity contribution in [1.29, 1.82) is 0 Å². The van der Waals surface area contributed by atoms with Crippen molar-refractivity contribution >= 4 is 11.8 Å². The van der Waals surface area contributed by atoms with Crippen LogP contribution >= 0.6 is 0 Å². The SMILES string of the molecule is CCCCNC(=O)[C@@H]1CN(C(=O)c2ccc(C)cc2)C[C@@H]1c1cc(OC)c(OC)c(OC)c1. The molecule has 0 saturated carbocycles. The third-order valence-electron chi connectivity index (χ3n) is 6.19. The average molecular weight is 455 g/mol. The van der Waals surface area contributed by atoms with E-state index in [1.807, 2.05) is 43.3 Å². The van der Waals surface area contributed by atoms with Gasteiger partial charge in [0.15, 0.2) is 11.5 Å². The van der Waals surface area contributed by atoms with Crippen LogP contribution in [-0.2, 0) is 4.79 Å². The molecule has 2 aromatic carbocycles. The number of carbonyl (C=O) groups is 2. The van der Waals surface area contributed by atoms with Crippen LogP contribution in [0.15, 0.2) is 36.4 Å². The van der Waals surface area contributed by atoms with Crippen molar-refractivity contribution in [1.82, 2.24) is 10.2 Å². The molecule has 1 aliphatic rings. The van der Waals surface area contributed by atoms with Crippen LogP contribution in [0.1, 0.15) is 47.2 Å². The summed E-state index contributed by atoms with van der Waals surface area (Å²) in [5, 5.41) is 3.05. The Labute approximate surface area is 196 Å². The summed E-state index contributed by atoms with van der Waals surface area (Å²) >= 11 is 0. The zero-order valence-corrected chi connectivity index (χ0v) is 20.1. The molecule has 2 atom stereocenters. The summed E-state index contributed by atoms with van der Waals surface area (Å²) in [5.41, 5.74) is 2.59. The minimum atomic E-state index is -0.376. The van der Waals surface area contributed by atoms with Gasteiger partial charge in [-0.3, -0.25) is 9.59 Å². The monoisotopic (exact) mass is 454 g/mol. The predicted molar refractivity (Wildman–Crippen MR) is 127 cm³/mol. The summed E-state index contributed by atoms with van der Waals surface area (Å²) in [6.07, 6.45) is 1.92. The van der Waals surface area contributed by atoms with Crippen molar-refractivity contribution in [2.75, 3.05) is 41.0 Å². The number of aryl methyl sites for hydroxylation is 1. The van der Waals surface area contributed by atoms with Gasteiger partial charge in [-0.05, 0) is 43.2 Å². The number of hydrogen-bond donors (Lipinski definition) is 1. The number of nitrogens with zero attached hydrogens (tertiary/aromatic N) is 1. The number of amides is 2. The number of methoxy groups -OCH3 is 3. The van der Waals surface area contributed by atoms with E-state index in [4.69, 9.17) is 14.2 Å². The number of nitrogens with one attached hydrogen (secondary N) is 1. The van der Waals surface area contributed by atoms with Crippen LogP contribution in [-0.4, -0.2) is 57.7 Å². The van der Waals surface area contributed by atoms with E-state index in [1.54, 1.807) is 26.2 Å². The topological polar surface area (TPSA) is 77.1 Å². The summed E-state index contributed by atoms with van der Waals surface area (Å²) in [4.78, 5) is 28.2. The number of benzene rings is 2. The van der Waals surface area contributed by atoms with E-state index in [1.165, 1.54) is 0 Å². The Morgan fingerprint density at radius 2 is 1.64 bits per heavy atom. The van der Waals surface area contributed by atoms with Crippen molar-refractivity contribution in [3.8, 4) is 17.2 Å². The fourth-order valence-electron chi connectivity index (χ4n) is 4.29. The molecular formula is C26H34N2O5. The minimum Gasteiger partial charge on any atom is -0.493 e. The number of unbranched alkanes of at least 4 members (excludes halogenated alkanes) is 1. The molecule has 1 saturated heterocycles. The molecule has 7 nitrogen and oxygen atoms in total. The lowest BCUT2D eigenvalue weighted by molar-refractivity contribution is -0.124. The molecule has 1 fully saturated rings. The van der Waals surface area contributed by atoms with Crippen molar-refractivity contribution in [3.63, 3.8) is 0 Å². The first-order chi connectivity index (χ1) is 15.9. The lowest BCUT2D eigenvalue weighted by Gasteiger charge is -2.21. The van der Waals surface area contributed by atoms with Crippen LogP contribution in [0.2, 0.25) is 0 Å². The fraction of sp³-hybridized carbons (Fsp3) is 0.462. The van der Waals surface area contributed by atoms with E-state index in [0.717, 1.165) is 24.0 Å². The molecule has 2 amide bonds. The van der Waals surface area contributed by atoms with Crippen LogP contribution in [0.3, 0.4) is 0 Å². The summed E-state index contributed by atoms with van der Waals surface area (Å²) in [6.45, 7) is 5.48. The molecule has 1 N–H and O–H groups in total. The van der Waals surface area contributed by atoms with Crippen molar-refractivity contribution in [3.05, 3.63) is 53.1 Å². The largest absolute Gasteiger partial charge is 0.493 e. The normalized spacial score (nSPS) is 17.5. The van der Waals surface area contributed by atoms with E-state index < -0.39 is 0 Å². The Balaban J connectivity index is 1.94. The lowest BCUT2D eigenvalue weighted by Crippen LogP contribution is -2.36. The number of carbonyl (C=O) groups excluding carboxylic acids is 2. The van der Waals surface area contributed by atoms with Gasteiger partial charge < -0.3 is 24.4 Å². The molecule has 0 bridgehead atoms. The van der Waals surface area contributed by atoms with Gasteiger partial charge in [0.1, 0.15) is 0 Å². The van der Waals surface area contributed by atoms with Gasteiger partial charge in [-0.15, -0.1) is 0 Å². The van der Waals surface area contributed by atoms with E-state index in [9.17, 15) is 9.59 Å². The standard InChI is InChI=1S/C26H34N2O5/c1-6-7-12-27-25(29)21-16-28(26(30)18-10-8-17(2)9-11-18)15-20(21)19-13-22(31-3)24(33-5)23(14-19)32-4/h8-11,13-14,20-21H,6-7,12,15-16H2,1-5H3,(H,27,29)/t20-,21-/m1/s1. The molecule has 0 aromatic heterocycles. The van der Waals surface area contributed by atoms with Crippen molar-refractivity contribution < 1.29 is 23.8 Å². The van der Waals surface area contributed by atoms with Gasteiger partial charge in [-0.25, -0.2) is 0 Å². The first-order valence-electron chi connectivity index (χ1n) is 11.4. The first kappa shape index (κ1) is 24.4. The zero-order valence-electron chi connectivity index (χ0n) is 20.1. The van der Waals surface area contributed by atoms with Gasteiger partial charge >= 0.3 is 0 Å². The number of hydrogen-bond acceptors (Lipinski definition) is 5. The molecule has 1 aliphatic heterocycles. The number of rotatable bonds is 9. The highest BCUT2D eigenvalue weighted by Gasteiger charge is 2.41. The summed E-state index contributed by atoms with van der Waals surface area (Å²) in [5.74, 6) is 0.866. The molecule has 7 heteroatoms. The highest BCUT2D eigenvalue weighted by molar-refractivity contribution is 5.95. The molecule has 0 unspecified atom stereocenters. The van der Waals surface area contributed by atoms with Gasteiger partial charge in [0.2, 0.25) is 11.7 Å². The molecular weight excluding hydrogens is 420 g/mol. The smallest absolute Gasteiger partial charge is 0.253 e. The Hall–Kier alpha value is -3.22. The quantitative estimate of drug-likeness (QED) is 0.584. The molecule has 3 rings (SSSR count). The Bertz CT molecular complexity index is 948. The molecule has 0 aliphatic carbocycles. The van der Waals surface area contributed by atoms with E-state index >= 15 is 0 Å². The van der Waals surface area contributed by atoms with Crippen LogP contribution in [0.4, 0.5) is 0 Å². The van der Waals surface area contributed by atoms with E-state index in [2.05, 4.69) is 12.2 Å². The van der Waals surface area contributed by atoms with Crippen molar-refractivity contribution in [2.24, 2.45) is 5.92 Å². The van der Waals surface area contributed by atoms with E-state index in [-0.39, 0.29) is 23.7 Å². The summed E-state index contributed by atoms with van der Waals surface area (Å²) in [7, 11) is 4.69. The maximum Gasteiger partial charge on any atom is 0.253 e. The average Bonchev–Trinajstić information content (AvgIpc) is 3.28. The Kier molecular flexibility index (Phi) is 8.20. The molecule has 0 spiro atoms. The third-order valence-corrected chi connectivity index (χ3v) is 6.19. The molecule has 178 valence electrons. The summed E-state index contributed by atoms with van der Waals surface area (Å²) < 4.78 is 16.5. The second-order valence-corrected chi connectivity index (χ2v) is 8.39. The highest BCUT2D eigenvalue weighted by atomic mass is 16.5. The van der Waals surface area contributed by atoms with Crippen molar-refractivity contribution in [2.45, 2.75) is 32.6 Å².